The summed E-state index contributed by atoms with van der Waals surface area (Å²) in [4.78, 5) is 13.1. The number of phenols is 2. The number of fused-ring (bicyclic) bond motifs is 2. The Hall–Kier alpha value is -1.37. The first-order valence-corrected chi connectivity index (χ1v) is 10.3. The zero-order chi connectivity index (χ0) is 18.4. The SMILES string of the molecule is O=C1[C@H]2CCC[C@@H]1[C@H](c1cc(Br)ccc1O)N[C@H]2c1cc(Br)ccc1O. The van der Waals surface area contributed by atoms with Gasteiger partial charge in [-0.3, -0.25) is 4.79 Å². The van der Waals surface area contributed by atoms with Gasteiger partial charge < -0.3 is 15.5 Å². The number of carbonyl (C=O) groups excluding carboxylic acids is 1. The molecule has 1 heterocycles. The normalized spacial score (nSPS) is 28.2. The number of carbonyl (C=O) groups is 1. The third-order valence-corrected chi connectivity index (χ3v) is 6.56. The molecular weight excluding hydrogens is 462 g/mol. The minimum absolute atomic E-state index is 0.153. The summed E-state index contributed by atoms with van der Waals surface area (Å²) in [6, 6.07) is 10.0. The van der Waals surface area contributed by atoms with Crippen LogP contribution in [0.5, 0.6) is 11.5 Å². The van der Waals surface area contributed by atoms with Crippen molar-refractivity contribution in [2.24, 2.45) is 11.8 Å². The molecule has 0 spiro atoms. The molecule has 4 atom stereocenters. The van der Waals surface area contributed by atoms with Crippen LogP contribution in [0, 0.1) is 11.8 Å². The lowest BCUT2D eigenvalue weighted by Crippen LogP contribution is -2.50. The lowest BCUT2D eigenvalue weighted by Gasteiger charge is -2.45. The molecule has 4 rings (SSSR count). The maximum atomic E-state index is 13.1. The number of Topliss-reactive ketones (excluding diaryl/α,β-unsaturated/α-hetero) is 1. The van der Waals surface area contributed by atoms with Gasteiger partial charge in [-0.2, -0.15) is 0 Å². The van der Waals surface area contributed by atoms with E-state index in [1.54, 1.807) is 24.3 Å². The Balaban J connectivity index is 1.80. The number of piperidine rings is 1. The molecule has 2 aliphatic rings. The van der Waals surface area contributed by atoms with Crippen LogP contribution in [-0.4, -0.2) is 16.0 Å². The van der Waals surface area contributed by atoms with Gasteiger partial charge in [0.05, 0.1) is 0 Å². The average Bonchev–Trinajstić information content (AvgIpc) is 2.60. The van der Waals surface area contributed by atoms with Crippen molar-refractivity contribution in [3.05, 3.63) is 56.5 Å². The summed E-state index contributed by atoms with van der Waals surface area (Å²) in [7, 11) is 0. The van der Waals surface area contributed by atoms with E-state index in [1.807, 2.05) is 12.1 Å². The van der Waals surface area contributed by atoms with Crippen molar-refractivity contribution in [3.63, 3.8) is 0 Å². The van der Waals surface area contributed by atoms with Crippen LogP contribution in [0.4, 0.5) is 0 Å². The predicted molar refractivity (Wildman–Crippen MR) is 106 cm³/mol. The zero-order valence-corrected chi connectivity index (χ0v) is 17.1. The van der Waals surface area contributed by atoms with Crippen molar-refractivity contribution in [1.29, 1.82) is 0 Å². The number of ketones is 1. The summed E-state index contributed by atoms with van der Waals surface area (Å²) in [6.45, 7) is 0. The smallest absolute Gasteiger partial charge is 0.142 e. The highest BCUT2D eigenvalue weighted by atomic mass is 79.9. The predicted octanol–water partition coefficient (Wildman–Crippen LogP) is 4.99. The Morgan fingerprint density at radius 3 is 1.77 bits per heavy atom. The van der Waals surface area contributed by atoms with Gasteiger partial charge in [-0.15, -0.1) is 0 Å². The second kappa shape index (κ2) is 6.98. The van der Waals surface area contributed by atoms with Crippen LogP contribution < -0.4 is 5.32 Å². The largest absolute Gasteiger partial charge is 0.508 e. The second-order valence-corrected chi connectivity index (χ2v) is 8.91. The van der Waals surface area contributed by atoms with E-state index in [1.165, 1.54) is 0 Å². The van der Waals surface area contributed by atoms with Crippen LogP contribution in [0.15, 0.2) is 45.3 Å². The summed E-state index contributed by atoms with van der Waals surface area (Å²) in [5.41, 5.74) is 1.44. The minimum atomic E-state index is -0.278. The first kappa shape index (κ1) is 18.0. The Kier molecular flexibility index (Phi) is 4.84. The van der Waals surface area contributed by atoms with Gasteiger partial charge in [-0.05, 0) is 49.2 Å². The lowest BCUT2D eigenvalue weighted by atomic mass is 9.67. The van der Waals surface area contributed by atoms with E-state index >= 15 is 0 Å². The molecule has 1 saturated heterocycles. The van der Waals surface area contributed by atoms with Gasteiger partial charge in [0.15, 0.2) is 0 Å². The maximum absolute atomic E-state index is 13.1. The van der Waals surface area contributed by atoms with E-state index in [0.717, 1.165) is 39.3 Å². The van der Waals surface area contributed by atoms with E-state index in [0.29, 0.717) is 0 Å². The number of halogens is 2. The molecule has 4 nitrogen and oxygen atoms in total. The molecule has 0 radical (unpaired) electrons. The number of aromatic hydroxyl groups is 2. The van der Waals surface area contributed by atoms with Crippen molar-refractivity contribution in [2.45, 2.75) is 31.3 Å². The molecule has 6 heteroatoms. The summed E-state index contributed by atoms with van der Waals surface area (Å²) < 4.78 is 1.72. The molecule has 26 heavy (non-hydrogen) atoms. The Morgan fingerprint density at radius 2 is 1.31 bits per heavy atom. The molecule has 2 aromatic carbocycles. The maximum Gasteiger partial charge on any atom is 0.142 e. The van der Waals surface area contributed by atoms with E-state index in [4.69, 9.17) is 0 Å². The van der Waals surface area contributed by atoms with Crippen LogP contribution in [0.1, 0.15) is 42.5 Å². The third kappa shape index (κ3) is 3.08. The second-order valence-electron chi connectivity index (χ2n) is 7.07. The Morgan fingerprint density at radius 1 is 0.846 bits per heavy atom. The third-order valence-electron chi connectivity index (χ3n) is 5.57. The fourth-order valence-corrected chi connectivity index (χ4v) is 5.12. The highest BCUT2D eigenvalue weighted by Gasteiger charge is 2.47. The molecular formula is C20H19Br2NO3. The van der Waals surface area contributed by atoms with Gasteiger partial charge in [0.25, 0.3) is 0 Å². The van der Waals surface area contributed by atoms with E-state index < -0.39 is 0 Å². The van der Waals surface area contributed by atoms with E-state index in [9.17, 15) is 15.0 Å². The molecule has 2 aromatic rings. The van der Waals surface area contributed by atoms with E-state index in [-0.39, 0.29) is 41.2 Å². The highest BCUT2D eigenvalue weighted by Crippen LogP contribution is 2.49. The fraction of sp³-hybridized carbons (Fsp3) is 0.350. The molecule has 1 saturated carbocycles. The van der Waals surface area contributed by atoms with Crippen LogP contribution in [0.3, 0.4) is 0 Å². The fourth-order valence-electron chi connectivity index (χ4n) is 4.37. The Labute approximate surface area is 168 Å². The first-order valence-electron chi connectivity index (χ1n) is 8.72. The molecule has 0 aromatic heterocycles. The standard InChI is InChI=1S/C20H19Br2NO3/c21-10-4-6-16(24)14(8-10)18-12-2-1-3-13(20(12)26)19(23-18)15-9-11(22)5-7-17(15)25/h4-9,12-13,18-19,23-25H,1-3H2/t12-,13+,18-,19-/m1/s1. The number of nitrogens with one attached hydrogen (secondary N) is 1. The molecule has 1 aliphatic carbocycles. The van der Waals surface area contributed by atoms with Gasteiger partial charge in [0.1, 0.15) is 17.3 Å². The molecule has 136 valence electrons. The van der Waals surface area contributed by atoms with Crippen molar-refractivity contribution in [2.75, 3.05) is 0 Å². The van der Waals surface area contributed by atoms with Crippen LogP contribution in [-0.2, 0) is 4.79 Å². The summed E-state index contributed by atoms with van der Waals surface area (Å²) in [5.74, 6) is 0.280. The monoisotopic (exact) mass is 479 g/mol. The van der Waals surface area contributed by atoms with Crippen molar-refractivity contribution in [1.82, 2.24) is 5.32 Å². The van der Waals surface area contributed by atoms with Crippen molar-refractivity contribution < 1.29 is 15.0 Å². The molecule has 1 aliphatic heterocycles. The first-order chi connectivity index (χ1) is 12.5. The van der Waals surface area contributed by atoms with Gasteiger partial charge in [0.2, 0.25) is 0 Å². The lowest BCUT2D eigenvalue weighted by molar-refractivity contribution is -0.135. The molecule has 0 unspecified atom stereocenters. The highest BCUT2D eigenvalue weighted by molar-refractivity contribution is 9.10. The zero-order valence-electron chi connectivity index (χ0n) is 14.0. The average molecular weight is 481 g/mol. The van der Waals surface area contributed by atoms with Crippen molar-refractivity contribution in [3.8, 4) is 11.5 Å². The number of hydrogen-bond donors (Lipinski definition) is 3. The Bertz CT molecular complexity index is 803. The molecule has 2 bridgehead atoms. The number of hydrogen-bond acceptors (Lipinski definition) is 4. The van der Waals surface area contributed by atoms with Crippen LogP contribution in [0.25, 0.3) is 0 Å². The van der Waals surface area contributed by atoms with Gasteiger partial charge in [-0.25, -0.2) is 0 Å². The summed E-state index contributed by atoms with van der Waals surface area (Å²) in [5, 5.41) is 24.4. The van der Waals surface area contributed by atoms with Crippen molar-refractivity contribution >= 4 is 37.6 Å². The quantitative estimate of drug-likeness (QED) is 0.566. The van der Waals surface area contributed by atoms with Gasteiger partial charge in [-0.1, -0.05) is 38.3 Å². The van der Waals surface area contributed by atoms with Crippen LogP contribution in [0.2, 0.25) is 0 Å². The molecule has 3 N–H and O–H groups in total. The van der Waals surface area contributed by atoms with Crippen LogP contribution >= 0.6 is 31.9 Å². The number of phenolic OH excluding ortho intramolecular Hbond substituents is 2. The molecule has 2 fully saturated rings. The van der Waals surface area contributed by atoms with Gasteiger partial charge in [0, 0.05) is 44.0 Å². The minimum Gasteiger partial charge on any atom is -0.508 e. The number of rotatable bonds is 2. The van der Waals surface area contributed by atoms with Gasteiger partial charge >= 0.3 is 0 Å². The molecule has 0 amide bonds. The summed E-state index contributed by atoms with van der Waals surface area (Å²) in [6.07, 6.45) is 2.60. The topological polar surface area (TPSA) is 69.6 Å². The number of benzene rings is 2. The van der Waals surface area contributed by atoms with E-state index in [2.05, 4.69) is 37.2 Å². The summed E-state index contributed by atoms with van der Waals surface area (Å²) >= 11 is 6.91.